The molecule has 1 rings (SSSR count). The summed E-state index contributed by atoms with van der Waals surface area (Å²) >= 11 is 0. The standard InChI is InChI=1S/C13H26O4/c1-5-7-10(14)13(6-2)9-8-11(17-13)16-12(3,4)15/h10-11,14-15H,5-9H2,1-4H3. The Morgan fingerprint density at radius 1 is 1.47 bits per heavy atom. The first kappa shape index (κ1) is 14.9. The minimum Gasteiger partial charge on any atom is -0.390 e. The zero-order chi connectivity index (χ0) is 13.1. The summed E-state index contributed by atoms with van der Waals surface area (Å²) < 4.78 is 11.3. The molecule has 1 fully saturated rings. The van der Waals surface area contributed by atoms with Crippen LogP contribution in [0.5, 0.6) is 0 Å². The van der Waals surface area contributed by atoms with Crippen LogP contribution in [0.15, 0.2) is 0 Å². The molecule has 0 aromatic carbocycles. The minimum absolute atomic E-state index is 0.415. The third kappa shape index (κ3) is 3.91. The number of aliphatic hydroxyl groups is 2. The zero-order valence-electron chi connectivity index (χ0n) is 11.4. The van der Waals surface area contributed by atoms with Crippen LogP contribution in [0.2, 0.25) is 0 Å². The predicted molar refractivity (Wildman–Crippen MR) is 65.4 cm³/mol. The van der Waals surface area contributed by atoms with Crippen LogP contribution in [0.3, 0.4) is 0 Å². The Morgan fingerprint density at radius 2 is 2.12 bits per heavy atom. The second kappa shape index (κ2) is 5.65. The summed E-state index contributed by atoms with van der Waals surface area (Å²) in [6.45, 7) is 7.24. The topological polar surface area (TPSA) is 58.9 Å². The molecule has 0 aromatic heterocycles. The van der Waals surface area contributed by atoms with Crippen molar-refractivity contribution < 1.29 is 19.7 Å². The molecule has 1 heterocycles. The van der Waals surface area contributed by atoms with Crippen LogP contribution in [-0.4, -0.2) is 34.0 Å². The Bertz CT molecular complexity index is 236. The fraction of sp³-hybridized carbons (Fsp3) is 1.00. The first-order valence-electron chi connectivity index (χ1n) is 6.59. The number of hydrogen-bond acceptors (Lipinski definition) is 4. The highest BCUT2D eigenvalue weighted by molar-refractivity contribution is 4.92. The van der Waals surface area contributed by atoms with Gasteiger partial charge in [-0.2, -0.15) is 0 Å². The quantitative estimate of drug-likeness (QED) is 0.705. The van der Waals surface area contributed by atoms with E-state index in [2.05, 4.69) is 0 Å². The van der Waals surface area contributed by atoms with Crippen LogP contribution >= 0.6 is 0 Å². The Kier molecular flexibility index (Phi) is 4.95. The summed E-state index contributed by atoms with van der Waals surface area (Å²) in [6, 6.07) is 0. The number of rotatable bonds is 6. The number of ether oxygens (including phenoxy) is 2. The maximum absolute atomic E-state index is 10.2. The van der Waals surface area contributed by atoms with E-state index in [1.165, 1.54) is 0 Å². The molecule has 102 valence electrons. The van der Waals surface area contributed by atoms with Crippen molar-refractivity contribution in [3.63, 3.8) is 0 Å². The SMILES string of the molecule is CCCC(O)C1(CC)CCC(OC(C)(C)O)O1. The van der Waals surface area contributed by atoms with E-state index in [0.29, 0.717) is 0 Å². The highest BCUT2D eigenvalue weighted by atomic mass is 16.7. The van der Waals surface area contributed by atoms with Crippen LogP contribution in [0.4, 0.5) is 0 Å². The van der Waals surface area contributed by atoms with Gasteiger partial charge in [-0.25, -0.2) is 0 Å². The lowest BCUT2D eigenvalue weighted by Crippen LogP contribution is -2.43. The molecule has 1 saturated heterocycles. The third-order valence-electron chi connectivity index (χ3n) is 3.36. The minimum atomic E-state index is -1.19. The fourth-order valence-electron chi connectivity index (χ4n) is 2.42. The van der Waals surface area contributed by atoms with Crippen molar-refractivity contribution in [1.82, 2.24) is 0 Å². The van der Waals surface area contributed by atoms with Crippen LogP contribution in [0.1, 0.15) is 59.8 Å². The number of aliphatic hydroxyl groups excluding tert-OH is 1. The van der Waals surface area contributed by atoms with E-state index < -0.39 is 23.8 Å². The van der Waals surface area contributed by atoms with Gasteiger partial charge in [0.25, 0.3) is 0 Å². The van der Waals surface area contributed by atoms with Crippen molar-refractivity contribution in [1.29, 1.82) is 0 Å². The van der Waals surface area contributed by atoms with E-state index in [1.54, 1.807) is 13.8 Å². The smallest absolute Gasteiger partial charge is 0.162 e. The lowest BCUT2D eigenvalue weighted by molar-refractivity contribution is -0.289. The Labute approximate surface area is 104 Å². The summed E-state index contributed by atoms with van der Waals surface area (Å²) in [5, 5.41) is 19.8. The summed E-state index contributed by atoms with van der Waals surface area (Å²) in [6.07, 6.45) is 3.07. The molecule has 0 radical (unpaired) electrons. The van der Waals surface area contributed by atoms with Crippen LogP contribution in [-0.2, 0) is 9.47 Å². The molecule has 4 nitrogen and oxygen atoms in total. The van der Waals surface area contributed by atoms with Crippen molar-refractivity contribution in [2.45, 2.75) is 83.6 Å². The third-order valence-corrected chi connectivity index (χ3v) is 3.36. The molecule has 0 saturated carbocycles. The van der Waals surface area contributed by atoms with Crippen molar-refractivity contribution in [2.75, 3.05) is 0 Å². The molecule has 0 spiro atoms. The molecular formula is C13H26O4. The van der Waals surface area contributed by atoms with Crippen LogP contribution in [0, 0.1) is 0 Å². The number of hydrogen-bond donors (Lipinski definition) is 2. The Morgan fingerprint density at radius 3 is 2.59 bits per heavy atom. The highest BCUT2D eigenvalue weighted by Crippen LogP contribution is 2.38. The summed E-state index contributed by atoms with van der Waals surface area (Å²) in [7, 11) is 0. The predicted octanol–water partition coefficient (Wildman–Crippen LogP) is 2.18. The summed E-state index contributed by atoms with van der Waals surface area (Å²) in [5.41, 5.74) is -0.494. The first-order valence-corrected chi connectivity index (χ1v) is 6.59. The zero-order valence-corrected chi connectivity index (χ0v) is 11.4. The molecule has 0 bridgehead atoms. The first-order chi connectivity index (χ1) is 7.83. The van der Waals surface area contributed by atoms with E-state index in [-0.39, 0.29) is 0 Å². The largest absolute Gasteiger partial charge is 0.390 e. The van der Waals surface area contributed by atoms with Gasteiger partial charge in [-0.15, -0.1) is 0 Å². The van der Waals surface area contributed by atoms with Gasteiger partial charge in [0.2, 0.25) is 0 Å². The van der Waals surface area contributed by atoms with Gasteiger partial charge in [0.1, 0.15) is 0 Å². The van der Waals surface area contributed by atoms with E-state index in [9.17, 15) is 10.2 Å². The highest BCUT2D eigenvalue weighted by Gasteiger charge is 2.45. The molecule has 1 aliphatic rings. The van der Waals surface area contributed by atoms with E-state index in [0.717, 1.165) is 32.1 Å². The molecular weight excluding hydrogens is 220 g/mol. The average Bonchev–Trinajstić information content (AvgIpc) is 2.60. The van der Waals surface area contributed by atoms with Crippen molar-refractivity contribution in [3.05, 3.63) is 0 Å². The van der Waals surface area contributed by atoms with Crippen LogP contribution < -0.4 is 0 Å². The van der Waals surface area contributed by atoms with Gasteiger partial charge in [0.05, 0.1) is 11.7 Å². The summed E-state index contributed by atoms with van der Waals surface area (Å²) in [4.78, 5) is 0. The Hall–Kier alpha value is -0.160. The lowest BCUT2D eigenvalue weighted by Gasteiger charge is -2.34. The van der Waals surface area contributed by atoms with Gasteiger partial charge in [0.15, 0.2) is 12.1 Å². The van der Waals surface area contributed by atoms with Crippen LogP contribution in [0.25, 0.3) is 0 Å². The average molecular weight is 246 g/mol. The van der Waals surface area contributed by atoms with Crippen molar-refractivity contribution in [2.24, 2.45) is 0 Å². The molecule has 2 N–H and O–H groups in total. The van der Waals surface area contributed by atoms with Gasteiger partial charge in [-0.1, -0.05) is 20.3 Å². The molecule has 0 amide bonds. The van der Waals surface area contributed by atoms with Gasteiger partial charge in [-0.3, -0.25) is 0 Å². The maximum atomic E-state index is 10.2. The van der Waals surface area contributed by atoms with Gasteiger partial charge >= 0.3 is 0 Å². The normalized spacial score (nSPS) is 31.8. The van der Waals surface area contributed by atoms with Crippen molar-refractivity contribution >= 4 is 0 Å². The monoisotopic (exact) mass is 246 g/mol. The molecule has 1 aliphatic heterocycles. The van der Waals surface area contributed by atoms with Gasteiger partial charge in [0, 0.05) is 6.42 Å². The molecule has 17 heavy (non-hydrogen) atoms. The van der Waals surface area contributed by atoms with Gasteiger partial charge < -0.3 is 19.7 Å². The summed E-state index contributed by atoms with van der Waals surface area (Å²) in [5.74, 6) is -1.19. The molecule has 3 unspecified atom stereocenters. The molecule has 0 aliphatic carbocycles. The second-order valence-corrected chi connectivity index (χ2v) is 5.37. The van der Waals surface area contributed by atoms with E-state index in [4.69, 9.17) is 9.47 Å². The second-order valence-electron chi connectivity index (χ2n) is 5.37. The lowest BCUT2D eigenvalue weighted by atomic mass is 9.88. The van der Waals surface area contributed by atoms with E-state index >= 15 is 0 Å². The molecule has 4 heteroatoms. The molecule has 3 atom stereocenters. The van der Waals surface area contributed by atoms with Crippen molar-refractivity contribution in [3.8, 4) is 0 Å². The molecule has 0 aromatic rings. The van der Waals surface area contributed by atoms with Gasteiger partial charge in [-0.05, 0) is 33.1 Å². The van der Waals surface area contributed by atoms with E-state index in [1.807, 2.05) is 13.8 Å². The maximum Gasteiger partial charge on any atom is 0.162 e. The fourth-order valence-corrected chi connectivity index (χ4v) is 2.42. The Balaban J connectivity index is 2.60.